The maximum absolute atomic E-state index is 5.50. The van der Waals surface area contributed by atoms with Crippen molar-refractivity contribution in [3.05, 3.63) is 28.2 Å². The van der Waals surface area contributed by atoms with E-state index in [4.69, 9.17) is 4.74 Å². The fraction of sp³-hybridized carbons (Fsp3) is 0.600. The first-order valence-corrected chi connectivity index (χ1v) is 8.14. The van der Waals surface area contributed by atoms with E-state index in [1.54, 1.807) is 7.11 Å². The minimum Gasteiger partial charge on any atom is -0.496 e. The van der Waals surface area contributed by atoms with E-state index in [9.17, 15) is 0 Å². The summed E-state index contributed by atoms with van der Waals surface area (Å²) in [6.07, 6.45) is 3.94. The average Bonchev–Trinajstić information content (AvgIpc) is 2.68. The molecule has 18 heavy (non-hydrogen) atoms. The van der Waals surface area contributed by atoms with Gasteiger partial charge < -0.3 is 4.74 Å². The van der Waals surface area contributed by atoms with Crippen molar-refractivity contribution >= 4 is 31.9 Å². The van der Waals surface area contributed by atoms with Crippen molar-refractivity contribution in [3.8, 4) is 5.75 Å². The van der Waals surface area contributed by atoms with Gasteiger partial charge in [-0.05, 0) is 42.4 Å². The molecule has 0 bridgehead atoms. The maximum Gasteiger partial charge on any atom is 0.123 e. The van der Waals surface area contributed by atoms with E-state index < -0.39 is 0 Å². The molecule has 2 rings (SSSR count). The smallest absolute Gasteiger partial charge is 0.123 e. The van der Waals surface area contributed by atoms with Crippen molar-refractivity contribution in [2.45, 2.75) is 37.9 Å². The molecule has 1 saturated carbocycles. The molecular formula is C15H20Br2O. The normalized spacial score (nSPS) is 23.9. The number of halogens is 2. The molecule has 0 heterocycles. The van der Waals surface area contributed by atoms with Crippen molar-refractivity contribution in [3.63, 3.8) is 0 Å². The highest BCUT2D eigenvalue weighted by molar-refractivity contribution is 9.10. The molecule has 0 aromatic heterocycles. The van der Waals surface area contributed by atoms with Crippen LogP contribution in [0.1, 0.15) is 43.5 Å². The minimum atomic E-state index is 0.363. The zero-order valence-electron chi connectivity index (χ0n) is 11.2. The molecule has 1 aliphatic rings. The van der Waals surface area contributed by atoms with Crippen molar-refractivity contribution in [2.24, 2.45) is 11.3 Å². The molecule has 0 radical (unpaired) electrons. The van der Waals surface area contributed by atoms with Crippen molar-refractivity contribution in [1.29, 1.82) is 0 Å². The van der Waals surface area contributed by atoms with Crippen LogP contribution in [-0.4, -0.2) is 7.11 Å². The highest BCUT2D eigenvalue weighted by atomic mass is 79.9. The van der Waals surface area contributed by atoms with Gasteiger partial charge in [-0.1, -0.05) is 52.1 Å². The molecule has 0 N–H and O–H groups in total. The van der Waals surface area contributed by atoms with E-state index in [-0.39, 0.29) is 0 Å². The number of ether oxygens (including phenoxy) is 1. The van der Waals surface area contributed by atoms with E-state index in [1.165, 1.54) is 24.8 Å². The summed E-state index contributed by atoms with van der Waals surface area (Å²) in [6.45, 7) is 4.76. The van der Waals surface area contributed by atoms with Crippen LogP contribution in [0, 0.1) is 11.3 Å². The summed E-state index contributed by atoms with van der Waals surface area (Å²) in [5.41, 5.74) is 1.66. The molecule has 1 aliphatic carbocycles. The largest absolute Gasteiger partial charge is 0.496 e. The van der Waals surface area contributed by atoms with E-state index in [0.717, 1.165) is 10.2 Å². The van der Waals surface area contributed by atoms with E-state index in [1.807, 2.05) is 12.1 Å². The molecule has 1 aromatic carbocycles. The second-order valence-electron chi connectivity index (χ2n) is 5.78. The fourth-order valence-electron chi connectivity index (χ4n) is 3.03. The van der Waals surface area contributed by atoms with Gasteiger partial charge in [0.15, 0.2) is 0 Å². The van der Waals surface area contributed by atoms with Gasteiger partial charge in [-0.25, -0.2) is 0 Å². The van der Waals surface area contributed by atoms with Gasteiger partial charge >= 0.3 is 0 Å². The van der Waals surface area contributed by atoms with Crippen molar-refractivity contribution in [1.82, 2.24) is 0 Å². The number of methoxy groups -OCH3 is 1. The zero-order valence-corrected chi connectivity index (χ0v) is 14.3. The molecule has 1 nitrogen and oxygen atoms in total. The molecule has 0 spiro atoms. The van der Waals surface area contributed by atoms with E-state index >= 15 is 0 Å². The number of hydrogen-bond donors (Lipinski definition) is 0. The molecule has 0 aliphatic heterocycles. The Bertz CT molecular complexity index is 429. The molecule has 0 saturated heterocycles. The van der Waals surface area contributed by atoms with Crippen LogP contribution in [0.3, 0.4) is 0 Å². The second-order valence-corrected chi connectivity index (χ2v) is 7.68. The Labute approximate surface area is 127 Å². The summed E-state index contributed by atoms with van der Waals surface area (Å²) < 4.78 is 6.61. The summed E-state index contributed by atoms with van der Waals surface area (Å²) in [5.74, 6) is 1.64. The fourth-order valence-corrected chi connectivity index (χ4v) is 4.75. The lowest BCUT2D eigenvalue weighted by molar-refractivity contribution is 0.254. The molecule has 1 aromatic rings. The Hall–Kier alpha value is -0.0200. The standard InChI is InChI=1S/C15H20Br2O/c1-15(2)8-4-5-12(15)14(17)11-9-10(16)6-7-13(11)18-3/h6-7,9,12,14H,4-5,8H2,1-3H3. The lowest BCUT2D eigenvalue weighted by Crippen LogP contribution is -2.21. The summed E-state index contributed by atoms with van der Waals surface area (Å²) in [5, 5.41) is 0. The lowest BCUT2D eigenvalue weighted by Gasteiger charge is -2.32. The van der Waals surface area contributed by atoms with Gasteiger partial charge in [-0.15, -0.1) is 0 Å². The van der Waals surface area contributed by atoms with Crippen LogP contribution in [-0.2, 0) is 0 Å². The van der Waals surface area contributed by atoms with Crippen LogP contribution in [0.5, 0.6) is 5.75 Å². The number of benzene rings is 1. The minimum absolute atomic E-state index is 0.363. The highest BCUT2D eigenvalue weighted by Crippen LogP contribution is 2.53. The highest BCUT2D eigenvalue weighted by Gasteiger charge is 2.39. The molecular weight excluding hydrogens is 356 g/mol. The molecule has 2 unspecified atom stereocenters. The van der Waals surface area contributed by atoms with Crippen LogP contribution in [0.25, 0.3) is 0 Å². The van der Waals surface area contributed by atoms with Crippen LogP contribution >= 0.6 is 31.9 Å². The Morgan fingerprint density at radius 3 is 2.67 bits per heavy atom. The molecule has 0 amide bonds. The van der Waals surface area contributed by atoms with Gasteiger partial charge in [0.05, 0.1) is 7.11 Å². The van der Waals surface area contributed by atoms with Gasteiger partial charge in [-0.2, -0.15) is 0 Å². The van der Waals surface area contributed by atoms with E-state index in [0.29, 0.717) is 16.2 Å². The first-order chi connectivity index (χ1) is 8.45. The quantitative estimate of drug-likeness (QED) is 0.614. The second kappa shape index (κ2) is 5.54. The number of rotatable bonds is 3. The summed E-state index contributed by atoms with van der Waals surface area (Å²) >= 11 is 7.47. The molecule has 1 fully saturated rings. The van der Waals surface area contributed by atoms with Crippen LogP contribution in [0.2, 0.25) is 0 Å². The lowest BCUT2D eigenvalue weighted by atomic mass is 9.78. The van der Waals surface area contributed by atoms with Gasteiger partial charge in [0, 0.05) is 14.9 Å². The summed E-state index contributed by atoms with van der Waals surface area (Å²) in [6, 6.07) is 6.24. The van der Waals surface area contributed by atoms with Gasteiger partial charge in [-0.3, -0.25) is 0 Å². The topological polar surface area (TPSA) is 9.23 Å². The van der Waals surface area contributed by atoms with E-state index in [2.05, 4.69) is 51.8 Å². The van der Waals surface area contributed by atoms with Gasteiger partial charge in [0.2, 0.25) is 0 Å². The zero-order chi connectivity index (χ0) is 13.3. The van der Waals surface area contributed by atoms with Crippen molar-refractivity contribution in [2.75, 3.05) is 7.11 Å². The monoisotopic (exact) mass is 374 g/mol. The summed E-state index contributed by atoms with van der Waals surface area (Å²) in [4.78, 5) is 0.363. The van der Waals surface area contributed by atoms with Crippen molar-refractivity contribution < 1.29 is 4.74 Å². The predicted octanol–water partition coefficient (Wildman–Crippen LogP) is 5.72. The maximum atomic E-state index is 5.50. The van der Waals surface area contributed by atoms with Crippen LogP contribution in [0.15, 0.2) is 22.7 Å². The third kappa shape index (κ3) is 2.77. The predicted molar refractivity (Wildman–Crippen MR) is 83.5 cm³/mol. The average molecular weight is 376 g/mol. The number of hydrogen-bond acceptors (Lipinski definition) is 1. The third-order valence-corrected chi connectivity index (χ3v) is 5.81. The Balaban J connectivity index is 2.33. The first kappa shape index (κ1) is 14.4. The number of alkyl halides is 1. The molecule has 2 atom stereocenters. The SMILES string of the molecule is COc1ccc(Br)cc1C(Br)C1CCCC1(C)C. The Morgan fingerprint density at radius 2 is 2.11 bits per heavy atom. The summed E-state index contributed by atoms with van der Waals surface area (Å²) in [7, 11) is 1.74. The first-order valence-electron chi connectivity index (χ1n) is 6.43. The third-order valence-electron chi connectivity index (χ3n) is 4.18. The van der Waals surface area contributed by atoms with Crippen LogP contribution in [0.4, 0.5) is 0 Å². The van der Waals surface area contributed by atoms with Gasteiger partial charge in [0.1, 0.15) is 5.75 Å². The van der Waals surface area contributed by atoms with Gasteiger partial charge in [0.25, 0.3) is 0 Å². The van der Waals surface area contributed by atoms with Crippen LogP contribution < -0.4 is 4.74 Å². The Kier molecular flexibility index (Phi) is 4.43. The molecule has 3 heteroatoms. The Morgan fingerprint density at radius 1 is 1.39 bits per heavy atom. The molecule has 100 valence electrons.